The minimum absolute atomic E-state index is 0.0721. The largest absolute Gasteiger partial charge is 0.495 e. The molecule has 0 spiro atoms. The number of ether oxygens (including phenoxy) is 1. The molecule has 1 amide bonds. The summed E-state index contributed by atoms with van der Waals surface area (Å²) in [6.45, 7) is 0. The van der Waals surface area contributed by atoms with Gasteiger partial charge in [-0.1, -0.05) is 0 Å². The highest BCUT2D eigenvalue weighted by molar-refractivity contribution is 5.95. The number of hydrogen-bond donors (Lipinski definition) is 2. The van der Waals surface area contributed by atoms with Gasteiger partial charge < -0.3 is 15.4 Å². The van der Waals surface area contributed by atoms with Crippen molar-refractivity contribution in [2.75, 3.05) is 12.4 Å². The summed E-state index contributed by atoms with van der Waals surface area (Å²) >= 11 is 0. The van der Waals surface area contributed by atoms with Crippen LogP contribution >= 0.6 is 0 Å². The summed E-state index contributed by atoms with van der Waals surface area (Å²) in [5.74, 6) is 0.242. The molecule has 2 fully saturated rings. The second-order valence-corrected chi connectivity index (χ2v) is 5.52. The molecule has 2 aliphatic rings. The molecule has 2 N–H and O–H groups in total. The van der Waals surface area contributed by atoms with Crippen LogP contribution in [0.25, 0.3) is 0 Å². The summed E-state index contributed by atoms with van der Waals surface area (Å²) in [6.07, 6.45) is 2.96. The van der Waals surface area contributed by atoms with Crippen LogP contribution in [0.5, 0.6) is 5.75 Å². The number of carbonyl (C=O) groups is 1. The second-order valence-electron chi connectivity index (χ2n) is 5.52. The first-order valence-corrected chi connectivity index (χ1v) is 6.98. The van der Waals surface area contributed by atoms with E-state index in [1.165, 1.54) is 25.3 Å². The molecule has 3 unspecified atom stereocenters. The molecule has 2 bridgehead atoms. The van der Waals surface area contributed by atoms with Gasteiger partial charge in [0, 0.05) is 24.2 Å². The van der Waals surface area contributed by atoms with Gasteiger partial charge in [0.25, 0.3) is 5.69 Å². The van der Waals surface area contributed by atoms with Crippen molar-refractivity contribution in [3.05, 3.63) is 28.3 Å². The highest BCUT2D eigenvalue weighted by Crippen LogP contribution is 2.35. The van der Waals surface area contributed by atoms with Crippen LogP contribution in [0.3, 0.4) is 0 Å². The fourth-order valence-corrected chi connectivity index (χ4v) is 3.25. The molecule has 0 aromatic heterocycles. The molecule has 0 saturated carbocycles. The number of nitro benzene ring substituents is 1. The lowest BCUT2D eigenvalue weighted by atomic mass is 9.88. The van der Waals surface area contributed by atoms with Crippen LogP contribution in [0, 0.1) is 16.0 Å². The second kappa shape index (κ2) is 5.33. The Labute approximate surface area is 121 Å². The number of fused-ring (bicyclic) bond motifs is 2. The van der Waals surface area contributed by atoms with Crippen molar-refractivity contribution < 1.29 is 14.5 Å². The van der Waals surface area contributed by atoms with Gasteiger partial charge in [-0.3, -0.25) is 14.9 Å². The van der Waals surface area contributed by atoms with Gasteiger partial charge >= 0.3 is 0 Å². The maximum atomic E-state index is 12.4. The molecule has 2 saturated heterocycles. The van der Waals surface area contributed by atoms with Gasteiger partial charge in [0.05, 0.1) is 23.6 Å². The molecule has 112 valence electrons. The number of rotatable bonds is 4. The number of nitro groups is 1. The van der Waals surface area contributed by atoms with Crippen molar-refractivity contribution in [1.82, 2.24) is 5.32 Å². The summed E-state index contributed by atoms with van der Waals surface area (Å²) in [4.78, 5) is 22.7. The van der Waals surface area contributed by atoms with E-state index >= 15 is 0 Å². The van der Waals surface area contributed by atoms with E-state index in [4.69, 9.17) is 4.74 Å². The predicted octanol–water partition coefficient (Wildman–Crippen LogP) is 1.68. The van der Waals surface area contributed by atoms with E-state index in [1.54, 1.807) is 0 Å². The molecule has 0 aliphatic carbocycles. The third-order valence-electron chi connectivity index (χ3n) is 4.29. The Morgan fingerprint density at radius 3 is 2.86 bits per heavy atom. The maximum absolute atomic E-state index is 12.4. The first kappa shape index (κ1) is 13.8. The molecule has 3 rings (SSSR count). The number of nitrogens with one attached hydrogen (secondary N) is 2. The third kappa shape index (κ3) is 2.56. The minimum atomic E-state index is -0.492. The van der Waals surface area contributed by atoms with E-state index in [0.29, 0.717) is 17.5 Å². The first-order valence-electron chi connectivity index (χ1n) is 6.98. The van der Waals surface area contributed by atoms with Gasteiger partial charge in [-0.2, -0.15) is 0 Å². The Morgan fingerprint density at radius 2 is 2.29 bits per heavy atom. The number of nitrogens with zero attached hydrogens (tertiary/aromatic N) is 1. The van der Waals surface area contributed by atoms with Gasteiger partial charge in [0.2, 0.25) is 5.91 Å². The van der Waals surface area contributed by atoms with Crippen LogP contribution in [0.1, 0.15) is 19.3 Å². The lowest BCUT2D eigenvalue weighted by molar-refractivity contribution is -0.384. The van der Waals surface area contributed by atoms with Crippen molar-refractivity contribution in [3.8, 4) is 5.75 Å². The molecule has 1 aromatic carbocycles. The number of amides is 1. The standard InChI is InChI=1S/C14H17N3O4/c1-21-13-5-3-9(17(19)20)7-12(13)16-14(18)10-6-8-2-4-11(10)15-8/h3,5,7-8,10-11,15H,2,4,6H2,1H3,(H,16,18). The number of carbonyl (C=O) groups excluding carboxylic acids is 1. The zero-order valence-electron chi connectivity index (χ0n) is 11.7. The molecule has 21 heavy (non-hydrogen) atoms. The minimum Gasteiger partial charge on any atom is -0.495 e. The first-order chi connectivity index (χ1) is 10.1. The van der Waals surface area contributed by atoms with Crippen LogP contribution < -0.4 is 15.4 Å². The Hall–Kier alpha value is -2.15. The van der Waals surface area contributed by atoms with Crippen LogP contribution in [0.4, 0.5) is 11.4 Å². The smallest absolute Gasteiger partial charge is 0.271 e. The summed E-state index contributed by atoms with van der Waals surface area (Å²) in [5.41, 5.74) is 0.275. The average Bonchev–Trinajstić information content (AvgIpc) is 3.09. The maximum Gasteiger partial charge on any atom is 0.271 e. The molecule has 7 nitrogen and oxygen atoms in total. The Bertz CT molecular complexity index is 590. The normalized spacial score (nSPS) is 26.6. The SMILES string of the molecule is COc1ccc([N+](=O)[O-])cc1NC(=O)C1CC2CCC1N2. The highest BCUT2D eigenvalue weighted by atomic mass is 16.6. The highest BCUT2D eigenvalue weighted by Gasteiger charge is 2.42. The zero-order chi connectivity index (χ0) is 15.0. The van der Waals surface area contributed by atoms with Gasteiger partial charge in [0.1, 0.15) is 5.75 Å². The molecular weight excluding hydrogens is 274 g/mol. The Balaban J connectivity index is 1.78. The van der Waals surface area contributed by atoms with E-state index in [2.05, 4.69) is 10.6 Å². The van der Waals surface area contributed by atoms with Gasteiger partial charge in [-0.05, 0) is 25.3 Å². The lowest BCUT2D eigenvalue weighted by Gasteiger charge is -2.20. The molecule has 2 heterocycles. The fourth-order valence-electron chi connectivity index (χ4n) is 3.25. The summed E-state index contributed by atoms with van der Waals surface area (Å²) in [6, 6.07) is 4.83. The van der Waals surface area contributed by atoms with Crippen molar-refractivity contribution >= 4 is 17.3 Å². The molecule has 3 atom stereocenters. The molecule has 7 heteroatoms. The lowest BCUT2D eigenvalue weighted by Crippen LogP contribution is -2.32. The number of methoxy groups -OCH3 is 1. The third-order valence-corrected chi connectivity index (χ3v) is 4.29. The number of benzene rings is 1. The average molecular weight is 291 g/mol. The van der Waals surface area contributed by atoms with E-state index in [-0.39, 0.29) is 23.6 Å². The number of non-ortho nitro benzene ring substituents is 1. The molecule has 0 radical (unpaired) electrons. The van der Waals surface area contributed by atoms with Crippen LogP contribution in [0.15, 0.2) is 18.2 Å². The van der Waals surface area contributed by atoms with Crippen molar-refractivity contribution in [2.24, 2.45) is 5.92 Å². The quantitative estimate of drug-likeness (QED) is 0.650. The van der Waals surface area contributed by atoms with Crippen molar-refractivity contribution in [2.45, 2.75) is 31.3 Å². The van der Waals surface area contributed by atoms with Crippen LogP contribution in [0.2, 0.25) is 0 Å². The van der Waals surface area contributed by atoms with E-state index in [9.17, 15) is 14.9 Å². The monoisotopic (exact) mass is 291 g/mol. The van der Waals surface area contributed by atoms with Crippen LogP contribution in [-0.4, -0.2) is 30.0 Å². The van der Waals surface area contributed by atoms with E-state index < -0.39 is 4.92 Å². The van der Waals surface area contributed by atoms with E-state index in [1.807, 2.05) is 0 Å². The molecular formula is C14H17N3O4. The predicted molar refractivity (Wildman–Crippen MR) is 76.3 cm³/mol. The molecule has 1 aromatic rings. The van der Waals surface area contributed by atoms with Gasteiger partial charge in [-0.25, -0.2) is 0 Å². The fraction of sp³-hybridized carbons (Fsp3) is 0.500. The number of anilines is 1. The summed E-state index contributed by atoms with van der Waals surface area (Å²) in [7, 11) is 1.47. The Morgan fingerprint density at radius 1 is 1.48 bits per heavy atom. The van der Waals surface area contributed by atoms with Gasteiger partial charge in [-0.15, -0.1) is 0 Å². The summed E-state index contributed by atoms with van der Waals surface area (Å²) < 4.78 is 5.15. The molecule has 2 aliphatic heterocycles. The topological polar surface area (TPSA) is 93.5 Å². The summed E-state index contributed by atoms with van der Waals surface area (Å²) in [5, 5.41) is 17.0. The van der Waals surface area contributed by atoms with Crippen molar-refractivity contribution in [3.63, 3.8) is 0 Å². The Kier molecular flexibility index (Phi) is 3.50. The zero-order valence-corrected chi connectivity index (χ0v) is 11.7. The van der Waals surface area contributed by atoms with Gasteiger partial charge in [0.15, 0.2) is 0 Å². The van der Waals surface area contributed by atoms with Crippen LogP contribution in [-0.2, 0) is 4.79 Å². The number of hydrogen-bond acceptors (Lipinski definition) is 5. The van der Waals surface area contributed by atoms with E-state index in [0.717, 1.165) is 19.3 Å². The van der Waals surface area contributed by atoms with Crippen molar-refractivity contribution in [1.29, 1.82) is 0 Å².